The van der Waals surface area contributed by atoms with E-state index in [1.54, 1.807) is 12.1 Å². The van der Waals surface area contributed by atoms with Crippen molar-refractivity contribution in [3.63, 3.8) is 0 Å². The smallest absolute Gasteiger partial charge is 0.416 e. The number of amides is 1. The number of phenols is 1. The van der Waals surface area contributed by atoms with Crippen molar-refractivity contribution in [2.45, 2.75) is 25.9 Å². The van der Waals surface area contributed by atoms with Crippen LogP contribution >= 0.6 is 11.6 Å². The molecule has 2 aromatic carbocycles. The predicted octanol–water partition coefficient (Wildman–Crippen LogP) is 5.86. The number of likely N-dealkylation sites (tertiary alicyclic amines) is 1. The van der Waals surface area contributed by atoms with Gasteiger partial charge in [0.25, 0.3) is 0 Å². The number of anilines is 2. The SMILES string of the molecule is CC1CCN(CCNc2ccc(NC(=O)/C=C/c3ccc(C(F)(F)F)cc3Cl)cc2O)CC1. The molecule has 3 rings (SSSR count). The van der Waals surface area contributed by atoms with Gasteiger partial charge in [-0.3, -0.25) is 4.79 Å². The number of carbonyl (C=O) groups excluding carboxylic acids is 1. The number of aromatic hydroxyl groups is 1. The fourth-order valence-electron chi connectivity index (χ4n) is 3.58. The highest BCUT2D eigenvalue weighted by molar-refractivity contribution is 6.32. The number of phenolic OH excluding ortho intramolecular Hbond substituents is 1. The first-order valence-corrected chi connectivity index (χ1v) is 11.1. The number of alkyl halides is 3. The Balaban J connectivity index is 1.51. The summed E-state index contributed by atoms with van der Waals surface area (Å²) in [5.41, 5.74) is 0.385. The minimum absolute atomic E-state index is 0.00910. The van der Waals surface area contributed by atoms with Crippen LogP contribution in [0.5, 0.6) is 5.75 Å². The molecule has 3 N–H and O–H groups in total. The van der Waals surface area contributed by atoms with Crippen LogP contribution in [0.3, 0.4) is 0 Å². The van der Waals surface area contributed by atoms with Gasteiger partial charge in [-0.2, -0.15) is 13.2 Å². The maximum absolute atomic E-state index is 12.7. The molecule has 9 heteroatoms. The molecule has 0 aliphatic carbocycles. The lowest BCUT2D eigenvalue weighted by Crippen LogP contribution is -2.36. The van der Waals surface area contributed by atoms with Crippen LogP contribution in [0.15, 0.2) is 42.5 Å². The molecule has 0 bridgehead atoms. The second-order valence-corrected chi connectivity index (χ2v) is 8.65. The largest absolute Gasteiger partial charge is 0.506 e. The summed E-state index contributed by atoms with van der Waals surface area (Å²) in [5.74, 6) is 0.281. The van der Waals surface area contributed by atoms with Crippen molar-refractivity contribution in [2.75, 3.05) is 36.8 Å². The molecule has 1 fully saturated rings. The number of nitrogens with one attached hydrogen (secondary N) is 2. The second-order valence-electron chi connectivity index (χ2n) is 8.24. The number of piperidine rings is 1. The molecular formula is C24H27ClF3N3O2. The molecule has 33 heavy (non-hydrogen) atoms. The number of rotatable bonds is 7. The van der Waals surface area contributed by atoms with E-state index < -0.39 is 17.6 Å². The van der Waals surface area contributed by atoms with E-state index in [1.165, 1.54) is 31.1 Å². The van der Waals surface area contributed by atoms with Crippen molar-refractivity contribution < 1.29 is 23.1 Å². The van der Waals surface area contributed by atoms with Gasteiger partial charge in [-0.15, -0.1) is 0 Å². The van der Waals surface area contributed by atoms with Crippen molar-refractivity contribution in [2.24, 2.45) is 5.92 Å². The van der Waals surface area contributed by atoms with Gasteiger partial charge in [0.2, 0.25) is 5.91 Å². The van der Waals surface area contributed by atoms with Gasteiger partial charge in [0, 0.05) is 35.9 Å². The summed E-state index contributed by atoms with van der Waals surface area (Å²) in [4.78, 5) is 14.6. The van der Waals surface area contributed by atoms with Crippen molar-refractivity contribution >= 4 is 35.0 Å². The molecule has 0 spiro atoms. The topological polar surface area (TPSA) is 64.6 Å². The number of benzene rings is 2. The van der Waals surface area contributed by atoms with E-state index in [2.05, 4.69) is 22.5 Å². The first-order chi connectivity index (χ1) is 15.6. The monoisotopic (exact) mass is 481 g/mol. The van der Waals surface area contributed by atoms with Crippen molar-refractivity contribution in [1.82, 2.24) is 4.90 Å². The highest BCUT2D eigenvalue weighted by atomic mass is 35.5. The summed E-state index contributed by atoms with van der Waals surface area (Å²) in [5, 5.41) is 16.0. The van der Waals surface area contributed by atoms with Crippen LogP contribution in [0.25, 0.3) is 6.08 Å². The van der Waals surface area contributed by atoms with Crippen LogP contribution in [0, 0.1) is 5.92 Å². The number of hydrogen-bond donors (Lipinski definition) is 3. The Bertz CT molecular complexity index is 1000. The summed E-state index contributed by atoms with van der Waals surface area (Å²) < 4.78 is 38.1. The lowest BCUT2D eigenvalue weighted by atomic mass is 9.99. The van der Waals surface area contributed by atoms with Gasteiger partial charge in [0.1, 0.15) is 5.75 Å². The minimum atomic E-state index is -4.49. The average Bonchev–Trinajstić information content (AvgIpc) is 2.75. The molecule has 5 nitrogen and oxygen atoms in total. The third-order valence-electron chi connectivity index (χ3n) is 5.63. The fraction of sp³-hybridized carbons (Fsp3) is 0.375. The zero-order valence-electron chi connectivity index (χ0n) is 18.3. The Morgan fingerprint density at radius 2 is 1.94 bits per heavy atom. The van der Waals surface area contributed by atoms with Gasteiger partial charge >= 0.3 is 6.18 Å². The number of hydrogen-bond acceptors (Lipinski definition) is 4. The Kier molecular flexibility index (Phi) is 8.26. The van der Waals surface area contributed by atoms with Crippen molar-refractivity contribution in [1.29, 1.82) is 0 Å². The van der Waals surface area contributed by atoms with Crippen molar-refractivity contribution in [3.05, 3.63) is 58.6 Å². The van der Waals surface area contributed by atoms with Gasteiger partial charge in [0.15, 0.2) is 0 Å². The molecule has 178 valence electrons. The van der Waals surface area contributed by atoms with Crippen LogP contribution in [0.4, 0.5) is 24.5 Å². The van der Waals surface area contributed by atoms with E-state index in [0.29, 0.717) is 17.9 Å². The summed E-state index contributed by atoms with van der Waals surface area (Å²) in [6.07, 6.45) is 0.420. The molecule has 1 saturated heterocycles. The molecule has 0 unspecified atom stereocenters. The third-order valence-corrected chi connectivity index (χ3v) is 5.95. The standard InChI is InChI=1S/C24H27ClF3N3O2/c1-16-8-11-31(12-9-16)13-10-29-21-6-5-19(15-22(21)32)30-23(33)7-3-17-2-4-18(14-20(17)25)24(26,27)28/h2-7,14-16,29,32H,8-13H2,1H3,(H,30,33)/b7-3+. The van der Waals surface area contributed by atoms with E-state index in [-0.39, 0.29) is 16.3 Å². The van der Waals surface area contributed by atoms with Crippen LogP contribution in [0.1, 0.15) is 30.9 Å². The lowest BCUT2D eigenvalue weighted by Gasteiger charge is -2.30. The van der Waals surface area contributed by atoms with Crippen LogP contribution in [-0.2, 0) is 11.0 Å². The van der Waals surface area contributed by atoms with E-state index in [4.69, 9.17) is 11.6 Å². The van der Waals surface area contributed by atoms with Gasteiger partial charge in [-0.05, 0) is 67.8 Å². The molecule has 0 aromatic heterocycles. The average molecular weight is 482 g/mol. The molecule has 1 amide bonds. The highest BCUT2D eigenvalue weighted by Crippen LogP contribution is 2.32. The van der Waals surface area contributed by atoms with Gasteiger partial charge < -0.3 is 20.6 Å². The Morgan fingerprint density at radius 3 is 2.58 bits per heavy atom. The molecule has 0 radical (unpaired) electrons. The van der Waals surface area contributed by atoms with Gasteiger partial charge in [0.05, 0.1) is 11.3 Å². The first-order valence-electron chi connectivity index (χ1n) is 10.8. The Labute approximate surface area is 196 Å². The minimum Gasteiger partial charge on any atom is -0.506 e. The molecule has 1 aliphatic heterocycles. The summed E-state index contributed by atoms with van der Waals surface area (Å²) in [7, 11) is 0. The summed E-state index contributed by atoms with van der Waals surface area (Å²) >= 11 is 5.89. The zero-order valence-corrected chi connectivity index (χ0v) is 19.0. The van der Waals surface area contributed by atoms with Gasteiger partial charge in [-0.1, -0.05) is 24.6 Å². The number of nitrogens with zero attached hydrogens (tertiary/aromatic N) is 1. The van der Waals surface area contributed by atoms with E-state index in [1.807, 2.05) is 0 Å². The summed E-state index contributed by atoms with van der Waals surface area (Å²) in [6, 6.07) is 7.68. The van der Waals surface area contributed by atoms with E-state index in [9.17, 15) is 23.1 Å². The van der Waals surface area contributed by atoms with Crippen LogP contribution in [0.2, 0.25) is 5.02 Å². The molecular weight excluding hydrogens is 455 g/mol. The first kappa shape index (κ1) is 24.9. The van der Waals surface area contributed by atoms with Crippen LogP contribution in [-0.4, -0.2) is 42.1 Å². The molecule has 0 atom stereocenters. The van der Waals surface area contributed by atoms with Crippen molar-refractivity contribution in [3.8, 4) is 5.75 Å². The quantitative estimate of drug-likeness (QED) is 0.342. The maximum atomic E-state index is 12.7. The summed E-state index contributed by atoms with van der Waals surface area (Å²) in [6.45, 7) is 6.04. The second kappa shape index (κ2) is 10.9. The maximum Gasteiger partial charge on any atom is 0.416 e. The van der Waals surface area contributed by atoms with Gasteiger partial charge in [-0.25, -0.2) is 0 Å². The third kappa shape index (κ3) is 7.40. The lowest BCUT2D eigenvalue weighted by molar-refractivity contribution is -0.137. The fourth-order valence-corrected chi connectivity index (χ4v) is 3.82. The molecule has 2 aromatic rings. The highest BCUT2D eigenvalue weighted by Gasteiger charge is 2.30. The molecule has 1 aliphatic rings. The molecule has 1 heterocycles. The Morgan fingerprint density at radius 1 is 1.21 bits per heavy atom. The predicted molar refractivity (Wildman–Crippen MR) is 126 cm³/mol. The number of carbonyl (C=O) groups is 1. The Hall–Kier alpha value is -2.71. The number of halogens is 4. The molecule has 0 saturated carbocycles. The van der Waals surface area contributed by atoms with E-state index >= 15 is 0 Å². The zero-order chi connectivity index (χ0) is 24.0. The van der Waals surface area contributed by atoms with Crippen LogP contribution < -0.4 is 10.6 Å². The normalized spacial score (nSPS) is 15.7. The van der Waals surface area contributed by atoms with E-state index in [0.717, 1.165) is 43.8 Å².